The molecule has 1 aromatic heterocycles. The molecule has 0 spiro atoms. The largest absolute Gasteiger partial charge is 0.354 e. The Morgan fingerprint density at radius 3 is 2.67 bits per heavy atom. The lowest BCUT2D eigenvalue weighted by molar-refractivity contribution is -0.124. The third kappa shape index (κ3) is 4.46. The van der Waals surface area contributed by atoms with Crippen LogP contribution in [0.25, 0.3) is 0 Å². The molecule has 18 heavy (non-hydrogen) atoms. The van der Waals surface area contributed by atoms with Crippen molar-refractivity contribution in [2.24, 2.45) is 11.7 Å². The molecular weight excluding hydrogens is 234 g/mol. The number of nitrogens with one attached hydrogen (secondary N) is 2. The summed E-state index contributed by atoms with van der Waals surface area (Å²) in [5.41, 5.74) is 5.60. The fourth-order valence-corrected chi connectivity index (χ4v) is 1.15. The summed E-state index contributed by atoms with van der Waals surface area (Å²) in [6.45, 7) is 2.74. The van der Waals surface area contributed by atoms with Gasteiger partial charge in [0.15, 0.2) is 0 Å². The number of nitrogens with zero attached hydrogens (tertiary/aromatic N) is 2. The van der Waals surface area contributed by atoms with E-state index in [-0.39, 0.29) is 23.4 Å². The fraction of sp³-hybridized carbons (Fsp3) is 0.455. The second kappa shape index (κ2) is 7.33. The Balaban J connectivity index is 2.23. The Labute approximate surface area is 105 Å². The predicted octanol–water partition coefficient (Wildman–Crippen LogP) is -1.08. The molecule has 0 aliphatic carbocycles. The molecule has 1 aromatic rings. The minimum absolute atomic E-state index is 0.119. The fourth-order valence-electron chi connectivity index (χ4n) is 1.15. The van der Waals surface area contributed by atoms with Crippen molar-refractivity contribution in [3.8, 4) is 0 Å². The van der Waals surface area contributed by atoms with Gasteiger partial charge in [0.2, 0.25) is 5.91 Å². The van der Waals surface area contributed by atoms with Crippen molar-refractivity contribution in [2.75, 3.05) is 19.6 Å². The van der Waals surface area contributed by atoms with Crippen molar-refractivity contribution in [2.45, 2.75) is 6.92 Å². The summed E-state index contributed by atoms with van der Waals surface area (Å²) >= 11 is 0. The van der Waals surface area contributed by atoms with Crippen LogP contribution in [0, 0.1) is 5.92 Å². The molecule has 1 rings (SSSR count). The van der Waals surface area contributed by atoms with Crippen molar-refractivity contribution in [3.05, 3.63) is 24.3 Å². The van der Waals surface area contributed by atoms with Crippen LogP contribution in [0.2, 0.25) is 0 Å². The highest BCUT2D eigenvalue weighted by atomic mass is 16.2. The Kier molecular flexibility index (Phi) is 5.72. The number of amides is 2. The van der Waals surface area contributed by atoms with Crippen LogP contribution in [0.1, 0.15) is 17.4 Å². The van der Waals surface area contributed by atoms with E-state index in [0.29, 0.717) is 19.6 Å². The highest BCUT2D eigenvalue weighted by Crippen LogP contribution is 1.90. The van der Waals surface area contributed by atoms with Gasteiger partial charge in [-0.1, -0.05) is 6.92 Å². The maximum Gasteiger partial charge on any atom is 0.271 e. The number of nitrogens with two attached hydrogens (primary N) is 1. The van der Waals surface area contributed by atoms with Gasteiger partial charge >= 0.3 is 0 Å². The summed E-state index contributed by atoms with van der Waals surface area (Å²) in [5.74, 6) is -0.656. The number of rotatable bonds is 6. The van der Waals surface area contributed by atoms with E-state index in [1.807, 2.05) is 0 Å². The Hall–Kier alpha value is -2.02. The molecule has 0 aromatic carbocycles. The highest BCUT2D eigenvalue weighted by Gasteiger charge is 2.10. The minimum Gasteiger partial charge on any atom is -0.354 e. The molecule has 4 N–H and O–H groups in total. The van der Waals surface area contributed by atoms with Gasteiger partial charge in [0.25, 0.3) is 5.91 Å². The number of carbonyl (C=O) groups is 2. The van der Waals surface area contributed by atoms with E-state index in [1.165, 1.54) is 18.6 Å². The molecule has 7 heteroatoms. The van der Waals surface area contributed by atoms with Crippen LogP contribution >= 0.6 is 0 Å². The molecule has 2 amide bonds. The smallest absolute Gasteiger partial charge is 0.271 e. The summed E-state index contributed by atoms with van der Waals surface area (Å²) in [6, 6.07) is 0. The van der Waals surface area contributed by atoms with Gasteiger partial charge in [0.05, 0.1) is 6.20 Å². The van der Waals surface area contributed by atoms with E-state index < -0.39 is 0 Å². The standard InChI is InChI=1S/C11H17N5O2/c1-8(6-12)10(17)15-4-5-16-11(18)9-7-13-2-3-14-9/h2-3,7-8H,4-6,12H2,1H3,(H,15,17)(H,16,18). The zero-order valence-corrected chi connectivity index (χ0v) is 10.2. The van der Waals surface area contributed by atoms with Crippen molar-refractivity contribution in [3.63, 3.8) is 0 Å². The van der Waals surface area contributed by atoms with E-state index in [2.05, 4.69) is 20.6 Å². The summed E-state index contributed by atoms with van der Waals surface area (Å²) in [4.78, 5) is 30.5. The molecule has 1 heterocycles. The van der Waals surface area contributed by atoms with Gasteiger partial charge in [-0.3, -0.25) is 14.6 Å². The molecule has 0 bridgehead atoms. The molecule has 98 valence electrons. The van der Waals surface area contributed by atoms with Crippen LogP contribution in [-0.4, -0.2) is 41.4 Å². The molecule has 0 saturated heterocycles. The maximum atomic E-state index is 11.5. The average Bonchev–Trinajstić information content (AvgIpc) is 2.43. The molecule has 0 saturated carbocycles. The molecule has 1 atom stereocenters. The van der Waals surface area contributed by atoms with Crippen molar-refractivity contribution >= 4 is 11.8 Å². The average molecular weight is 251 g/mol. The first-order valence-corrected chi connectivity index (χ1v) is 5.67. The van der Waals surface area contributed by atoms with Crippen LogP contribution in [0.15, 0.2) is 18.6 Å². The first-order valence-electron chi connectivity index (χ1n) is 5.67. The maximum absolute atomic E-state index is 11.5. The van der Waals surface area contributed by atoms with Gasteiger partial charge in [-0.2, -0.15) is 0 Å². The van der Waals surface area contributed by atoms with Crippen molar-refractivity contribution in [1.82, 2.24) is 20.6 Å². The van der Waals surface area contributed by atoms with E-state index >= 15 is 0 Å². The van der Waals surface area contributed by atoms with Crippen LogP contribution in [0.5, 0.6) is 0 Å². The first-order chi connectivity index (χ1) is 8.65. The quantitative estimate of drug-likeness (QED) is 0.557. The molecule has 7 nitrogen and oxygen atoms in total. The van der Waals surface area contributed by atoms with Crippen molar-refractivity contribution in [1.29, 1.82) is 0 Å². The summed E-state index contributed by atoms with van der Waals surface area (Å²) in [6.07, 6.45) is 4.31. The molecule has 0 fully saturated rings. The van der Waals surface area contributed by atoms with Crippen molar-refractivity contribution < 1.29 is 9.59 Å². The van der Waals surface area contributed by atoms with E-state index in [0.717, 1.165) is 0 Å². The number of carbonyl (C=O) groups excluding carboxylic acids is 2. The molecule has 1 unspecified atom stereocenters. The zero-order valence-electron chi connectivity index (χ0n) is 10.2. The van der Waals surface area contributed by atoms with Gasteiger partial charge in [0.1, 0.15) is 5.69 Å². The summed E-state index contributed by atoms with van der Waals surface area (Å²) in [5, 5.41) is 5.29. The zero-order chi connectivity index (χ0) is 13.4. The molecule has 0 aliphatic heterocycles. The van der Waals surface area contributed by atoms with Crippen LogP contribution in [-0.2, 0) is 4.79 Å². The molecule has 0 aliphatic rings. The predicted molar refractivity (Wildman–Crippen MR) is 65.6 cm³/mol. The summed E-state index contributed by atoms with van der Waals surface area (Å²) < 4.78 is 0. The first kappa shape index (κ1) is 14.0. The SMILES string of the molecule is CC(CN)C(=O)NCCNC(=O)c1cnccn1. The van der Waals surface area contributed by atoms with Gasteiger partial charge in [-0.15, -0.1) is 0 Å². The van der Waals surface area contributed by atoms with Gasteiger partial charge in [-0.25, -0.2) is 4.98 Å². The van der Waals surface area contributed by atoms with E-state index in [1.54, 1.807) is 6.92 Å². The second-order valence-corrected chi connectivity index (χ2v) is 3.77. The lowest BCUT2D eigenvalue weighted by Gasteiger charge is -2.10. The van der Waals surface area contributed by atoms with Gasteiger partial charge in [-0.05, 0) is 0 Å². The van der Waals surface area contributed by atoms with Crippen LogP contribution in [0.3, 0.4) is 0 Å². The van der Waals surface area contributed by atoms with Gasteiger partial charge in [0, 0.05) is 37.9 Å². The Morgan fingerprint density at radius 1 is 1.33 bits per heavy atom. The topological polar surface area (TPSA) is 110 Å². The lowest BCUT2D eigenvalue weighted by atomic mass is 10.2. The van der Waals surface area contributed by atoms with Crippen LogP contribution < -0.4 is 16.4 Å². The van der Waals surface area contributed by atoms with E-state index in [9.17, 15) is 9.59 Å². The second-order valence-electron chi connectivity index (χ2n) is 3.77. The third-order valence-electron chi connectivity index (χ3n) is 2.31. The van der Waals surface area contributed by atoms with Crippen LogP contribution in [0.4, 0.5) is 0 Å². The Morgan fingerprint density at radius 2 is 2.06 bits per heavy atom. The number of hydrogen-bond acceptors (Lipinski definition) is 5. The Bertz CT molecular complexity index is 396. The van der Waals surface area contributed by atoms with Gasteiger partial charge < -0.3 is 16.4 Å². The van der Waals surface area contributed by atoms with E-state index in [4.69, 9.17) is 5.73 Å². The lowest BCUT2D eigenvalue weighted by Crippen LogP contribution is -2.38. The summed E-state index contributed by atoms with van der Waals surface area (Å²) in [7, 11) is 0. The minimum atomic E-state index is -0.316. The molecule has 0 radical (unpaired) electrons. The monoisotopic (exact) mass is 251 g/mol. The highest BCUT2D eigenvalue weighted by molar-refractivity contribution is 5.91. The number of hydrogen-bond donors (Lipinski definition) is 3. The normalized spacial score (nSPS) is 11.7. The third-order valence-corrected chi connectivity index (χ3v) is 2.31. The number of aromatic nitrogens is 2. The molecular formula is C11H17N5O2.